The van der Waals surface area contributed by atoms with E-state index in [1.165, 1.54) is 6.07 Å². The third-order valence-electron chi connectivity index (χ3n) is 1.04. The summed E-state index contributed by atoms with van der Waals surface area (Å²) in [6.45, 7) is 0. The van der Waals surface area contributed by atoms with E-state index >= 15 is 0 Å². The van der Waals surface area contributed by atoms with Gasteiger partial charge in [-0.3, -0.25) is 4.79 Å². The van der Waals surface area contributed by atoms with Crippen LogP contribution in [0.4, 0.5) is 0 Å². The van der Waals surface area contributed by atoms with Gasteiger partial charge in [-0.1, -0.05) is 0 Å². The van der Waals surface area contributed by atoms with Gasteiger partial charge in [0.2, 0.25) is 5.56 Å². The van der Waals surface area contributed by atoms with E-state index in [0.29, 0.717) is 0 Å². The van der Waals surface area contributed by atoms with Crippen molar-refractivity contribution in [2.24, 2.45) is 0 Å². The molecular formula is C6H6INOS. The average Bonchev–Trinajstić information content (AvgIpc) is 1.94. The zero-order valence-corrected chi connectivity index (χ0v) is 8.32. The molecule has 0 aromatic carbocycles. The molecule has 54 valence electrons. The number of aromatic amines is 1. The second-order valence-corrected chi connectivity index (χ2v) is 3.68. The van der Waals surface area contributed by atoms with Crippen LogP contribution in [0.1, 0.15) is 0 Å². The van der Waals surface area contributed by atoms with Crippen LogP contribution in [0.3, 0.4) is 0 Å². The van der Waals surface area contributed by atoms with Gasteiger partial charge in [0.1, 0.15) is 0 Å². The number of rotatable bonds is 1. The molecule has 1 aromatic rings. The van der Waals surface area contributed by atoms with Gasteiger partial charge in [-0.15, -0.1) is 11.8 Å². The monoisotopic (exact) mass is 267 g/mol. The number of nitrogens with one attached hydrogen (secondary N) is 1. The smallest absolute Gasteiger partial charge is 0.248 e. The van der Waals surface area contributed by atoms with Crippen molar-refractivity contribution in [3.8, 4) is 0 Å². The minimum Gasteiger partial charge on any atom is -0.316 e. The highest BCUT2D eigenvalue weighted by Gasteiger charge is 1.95. The maximum atomic E-state index is 10.7. The molecule has 1 rings (SSSR count). The number of aromatic nitrogens is 1. The van der Waals surface area contributed by atoms with Crippen LogP contribution >= 0.6 is 34.4 Å². The summed E-state index contributed by atoms with van der Waals surface area (Å²) in [6.07, 6.45) is 1.94. The van der Waals surface area contributed by atoms with Gasteiger partial charge in [-0.05, 0) is 34.9 Å². The number of halogens is 1. The summed E-state index contributed by atoms with van der Waals surface area (Å²) < 4.78 is 1.09. The van der Waals surface area contributed by atoms with Gasteiger partial charge in [-0.25, -0.2) is 0 Å². The summed E-state index contributed by atoms with van der Waals surface area (Å²) in [6, 6.07) is 3.34. The molecule has 1 aromatic heterocycles. The van der Waals surface area contributed by atoms with Crippen molar-refractivity contribution in [3.05, 3.63) is 26.1 Å². The maximum absolute atomic E-state index is 10.7. The molecule has 0 saturated heterocycles. The highest BCUT2D eigenvalue weighted by Crippen LogP contribution is 2.16. The lowest BCUT2D eigenvalue weighted by Gasteiger charge is -1.96. The van der Waals surface area contributed by atoms with Gasteiger partial charge in [0.25, 0.3) is 0 Å². The van der Waals surface area contributed by atoms with Crippen LogP contribution in [0.2, 0.25) is 0 Å². The normalized spacial score (nSPS) is 9.80. The van der Waals surface area contributed by atoms with Crippen LogP contribution in [0.15, 0.2) is 22.0 Å². The van der Waals surface area contributed by atoms with Crippen LogP contribution < -0.4 is 5.56 Å². The summed E-state index contributed by atoms with van der Waals surface area (Å²) in [5.41, 5.74) is -0.0373. The van der Waals surface area contributed by atoms with Crippen molar-refractivity contribution in [1.29, 1.82) is 0 Å². The van der Waals surface area contributed by atoms with E-state index in [9.17, 15) is 4.79 Å². The molecule has 10 heavy (non-hydrogen) atoms. The van der Waals surface area contributed by atoms with Gasteiger partial charge in [-0.2, -0.15) is 0 Å². The first-order valence-corrected chi connectivity index (χ1v) is 4.97. The lowest BCUT2D eigenvalue weighted by Crippen LogP contribution is -2.04. The molecule has 0 unspecified atom stereocenters. The van der Waals surface area contributed by atoms with Crippen molar-refractivity contribution in [2.45, 2.75) is 5.03 Å². The van der Waals surface area contributed by atoms with Gasteiger partial charge >= 0.3 is 0 Å². The predicted octanol–water partition coefficient (Wildman–Crippen LogP) is 1.70. The van der Waals surface area contributed by atoms with Gasteiger partial charge in [0.15, 0.2) is 0 Å². The first-order chi connectivity index (χ1) is 4.74. The van der Waals surface area contributed by atoms with Crippen LogP contribution in [0, 0.1) is 3.57 Å². The van der Waals surface area contributed by atoms with Crippen LogP contribution in [0.25, 0.3) is 0 Å². The number of hydrogen-bond acceptors (Lipinski definition) is 2. The zero-order chi connectivity index (χ0) is 7.56. The Kier molecular flexibility index (Phi) is 2.79. The van der Waals surface area contributed by atoms with E-state index in [-0.39, 0.29) is 5.56 Å². The molecule has 0 aliphatic rings. The van der Waals surface area contributed by atoms with Crippen molar-refractivity contribution in [3.63, 3.8) is 0 Å². The van der Waals surface area contributed by atoms with Crippen molar-refractivity contribution < 1.29 is 0 Å². The van der Waals surface area contributed by atoms with E-state index in [1.807, 2.05) is 12.3 Å². The first kappa shape index (κ1) is 8.13. The Bertz CT molecular complexity index is 283. The highest BCUT2D eigenvalue weighted by atomic mass is 127. The lowest BCUT2D eigenvalue weighted by molar-refractivity contribution is 1.06. The van der Waals surface area contributed by atoms with Crippen LogP contribution in [-0.2, 0) is 0 Å². The molecule has 0 bridgehead atoms. The molecule has 1 N–H and O–H groups in total. The lowest BCUT2D eigenvalue weighted by atomic mass is 10.5. The van der Waals surface area contributed by atoms with E-state index < -0.39 is 0 Å². The SMILES string of the molecule is CSc1[nH]c(=O)ccc1I. The number of H-pyrrole nitrogens is 1. The summed E-state index contributed by atoms with van der Waals surface area (Å²) >= 11 is 3.73. The average molecular weight is 267 g/mol. The maximum Gasteiger partial charge on any atom is 0.248 e. The fourth-order valence-electron chi connectivity index (χ4n) is 0.586. The molecule has 4 heteroatoms. The summed E-state index contributed by atoms with van der Waals surface area (Å²) in [5.74, 6) is 0. The Labute approximate surface area is 76.6 Å². The highest BCUT2D eigenvalue weighted by molar-refractivity contribution is 14.1. The van der Waals surface area contributed by atoms with E-state index in [4.69, 9.17) is 0 Å². The Balaban J connectivity index is 3.22. The van der Waals surface area contributed by atoms with E-state index in [1.54, 1.807) is 11.8 Å². The topological polar surface area (TPSA) is 32.9 Å². The summed E-state index contributed by atoms with van der Waals surface area (Å²) in [4.78, 5) is 13.5. The van der Waals surface area contributed by atoms with Crippen molar-refractivity contribution >= 4 is 34.4 Å². The molecule has 0 aliphatic heterocycles. The molecule has 0 aliphatic carbocycles. The number of thioether (sulfide) groups is 1. The van der Waals surface area contributed by atoms with Crippen molar-refractivity contribution in [2.75, 3.05) is 6.26 Å². The molecule has 0 fully saturated rings. The first-order valence-electron chi connectivity index (χ1n) is 2.67. The minimum absolute atomic E-state index is 0.0373. The molecule has 0 radical (unpaired) electrons. The Morgan fingerprint density at radius 1 is 1.60 bits per heavy atom. The van der Waals surface area contributed by atoms with Crippen LogP contribution in [-0.4, -0.2) is 11.2 Å². The standard InChI is InChI=1S/C6H6INOS/c1-10-6-4(7)2-3-5(9)8-6/h2-3H,1H3,(H,8,9). The molecule has 0 amide bonds. The Morgan fingerprint density at radius 3 is 2.80 bits per heavy atom. The van der Waals surface area contributed by atoms with Gasteiger partial charge < -0.3 is 4.98 Å². The summed E-state index contributed by atoms with van der Waals surface area (Å²) in [5, 5.41) is 0.938. The number of hydrogen-bond donors (Lipinski definition) is 1. The van der Waals surface area contributed by atoms with Gasteiger partial charge in [0.05, 0.1) is 5.03 Å². The number of pyridine rings is 1. The second kappa shape index (κ2) is 3.43. The van der Waals surface area contributed by atoms with E-state index in [2.05, 4.69) is 27.6 Å². The largest absolute Gasteiger partial charge is 0.316 e. The van der Waals surface area contributed by atoms with E-state index in [0.717, 1.165) is 8.60 Å². The van der Waals surface area contributed by atoms with Crippen molar-refractivity contribution in [1.82, 2.24) is 4.98 Å². The molecule has 1 heterocycles. The molecule has 2 nitrogen and oxygen atoms in total. The molecule has 0 saturated carbocycles. The molecule has 0 spiro atoms. The third kappa shape index (κ3) is 1.76. The fraction of sp³-hybridized carbons (Fsp3) is 0.167. The Morgan fingerprint density at radius 2 is 2.30 bits per heavy atom. The molecular weight excluding hydrogens is 261 g/mol. The third-order valence-corrected chi connectivity index (χ3v) is 3.03. The molecule has 0 atom stereocenters. The predicted molar refractivity (Wildman–Crippen MR) is 51.6 cm³/mol. The fourth-order valence-corrected chi connectivity index (χ4v) is 2.03. The minimum atomic E-state index is -0.0373. The summed E-state index contributed by atoms with van der Waals surface area (Å²) in [7, 11) is 0. The zero-order valence-electron chi connectivity index (χ0n) is 5.35. The quantitative estimate of drug-likeness (QED) is 0.620. The van der Waals surface area contributed by atoms with Gasteiger partial charge in [0, 0.05) is 9.64 Å². The van der Waals surface area contributed by atoms with Crippen LogP contribution in [0.5, 0.6) is 0 Å². The second-order valence-electron chi connectivity index (χ2n) is 1.70. The Hall–Kier alpha value is 0.0300.